The fourth-order valence-electron chi connectivity index (χ4n) is 4.07. The number of halogens is 1. The van der Waals surface area contributed by atoms with Crippen LogP contribution in [0, 0.1) is 11.3 Å². The molecule has 1 aromatic rings. The second-order valence-electron chi connectivity index (χ2n) is 7.65. The van der Waals surface area contributed by atoms with Gasteiger partial charge in [-0.1, -0.05) is 11.6 Å². The van der Waals surface area contributed by atoms with Gasteiger partial charge in [-0.05, 0) is 69.9 Å². The number of aliphatic hydroxyl groups excluding tert-OH is 1. The van der Waals surface area contributed by atoms with Gasteiger partial charge in [0.1, 0.15) is 11.6 Å². The van der Waals surface area contributed by atoms with Crippen molar-refractivity contribution in [1.29, 1.82) is 5.26 Å². The van der Waals surface area contributed by atoms with E-state index in [9.17, 15) is 4.79 Å². The van der Waals surface area contributed by atoms with Crippen LogP contribution in [0.3, 0.4) is 0 Å². The molecule has 1 heterocycles. The molecule has 0 radical (unpaired) electrons. The number of thiocarbonyl (C=S) groups is 1. The Morgan fingerprint density at radius 1 is 1.36 bits per heavy atom. The van der Waals surface area contributed by atoms with Gasteiger partial charge in [0.25, 0.3) is 5.91 Å². The third kappa shape index (κ3) is 3.74. The Hall–Kier alpha value is -1.72. The molecular formula is C20H24ClN3O3S. The van der Waals surface area contributed by atoms with Crippen LogP contribution >= 0.6 is 23.8 Å². The topological polar surface area (TPSA) is 76.8 Å². The number of aliphatic hydroxyl groups is 1. The first-order chi connectivity index (χ1) is 13.3. The fourth-order valence-corrected chi connectivity index (χ4v) is 4.86. The first-order valence-corrected chi connectivity index (χ1v) is 10.2. The highest BCUT2D eigenvalue weighted by Crippen LogP contribution is 2.38. The molecule has 1 aromatic carbocycles. The maximum atomic E-state index is 13.2. The third-order valence-electron chi connectivity index (χ3n) is 5.51. The van der Waals surface area contributed by atoms with E-state index in [4.69, 9.17) is 38.9 Å². The van der Waals surface area contributed by atoms with Gasteiger partial charge in [0.15, 0.2) is 5.11 Å². The molecule has 0 spiro atoms. The van der Waals surface area contributed by atoms with Gasteiger partial charge in [-0.3, -0.25) is 9.69 Å². The number of amides is 1. The molecule has 1 saturated carbocycles. The summed E-state index contributed by atoms with van der Waals surface area (Å²) in [5.41, 5.74) is 0.177. The van der Waals surface area contributed by atoms with E-state index in [1.807, 2.05) is 24.8 Å². The van der Waals surface area contributed by atoms with E-state index in [0.717, 1.165) is 25.7 Å². The molecular weight excluding hydrogens is 398 g/mol. The van der Waals surface area contributed by atoms with Gasteiger partial charge < -0.3 is 14.7 Å². The molecule has 1 aliphatic carbocycles. The monoisotopic (exact) mass is 421 g/mol. The Kier molecular flexibility index (Phi) is 6.25. The minimum atomic E-state index is -0.763. The summed E-state index contributed by atoms with van der Waals surface area (Å²) in [5.74, 6) is -0.100. The molecule has 0 bridgehead atoms. The number of carbonyl (C=O) groups is 1. The van der Waals surface area contributed by atoms with Crippen molar-refractivity contribution in [3.63, 3.8) is 0 Å². The lowest BCUT2D eigenvalue weighted by molar-refractivity contribution is -0.124. The highest BCUT2D eigenvalue weighted by molar-refractivity contribution is 7.80. The molecule has 0 aromatic heterocycles. The van der Waals surface area contributed by atoms with E-state index in [0.29, 0.717) is 28.0 Å². The molecule has 1 amide bonds. The number of hydrogen-bond acceptors (Lipinski definition) is 5. The molecule has 1 N–H and O–H groups in total. The van der Waals surface area contributed by atoms with Crippen molar-refractivity contribution in [2.45, 2.75) is 57.2 Å². The van der Waals surface area contributed by atoms with E-state index in [1.54, 1.807) is 18.2 Å². The van der Waals surface area contributed by atoms with Crippen LogP contribution in [0.15, 0.2) is 18.2 Å². The van der Waals surface area contributed by atoms with Gasteiger partial charge in [-0.15, -0.1) is 0 Å². The zero-order valence-electron chi connectivity index (χ0n) is 16.0. The average molecular weight is 422 g/mol. The van der Waals surface area contributed by atoms with Gasteiger partial charge >= 0.3 is 0 Å². The van der Waals surface area contributed by atoms with Gasteiger partial charge in [-0.25, -0.2) is 0 Å². The first-order valence-electron chi connectivity index (χ1n) is 9.41. The molecule has 2 aliphatic rings. The number of nitriles is 1. The quantitative estimate of drug-likeness (QED) is 0.735. The molecule has 6 nitrogen and oxygen atoms in total. The van der Waals surface area contributed by atoms with Gasteiger partial charge in [-0.2, -0.15) is 5.26 Å². The maximum absolute atomic E-state index is 13.2. The number of ether oxygens (including phenoxy) is 1. The summed E-state index contributed by atoms with van der Waals surface area (Å²) in [6, 6.07) is 7.10. The molecule has 8 heteroatoms. The molecule has 0 unspecified atom stereocenters. The first kappa shape index (κ1) is 21.0. The number of benzene rings is 1. The molecule has 0 atom stereocenters. The number of rotatable bonds is 5. The smallest absolute Gasteiger partial charge is 0.258 e. The van der Waals surface area contributed by atoms with Crippen LogP contribution in [0.2, 0.25) is 5.02 Å². The van der Waals surface area contributed by atoms with Gasteiger partial charge in [0.05, 0.1) is 35.6 Å². The third-order valence-corrected chi connectivity index (χ3v) is 6.20. The summed E-state index contributed by atoms with van der Waals surface area (Å²) >= 11 is 11.9. The normalized spacial score (nSPS) is 24.5. The molecule has 28 heavy (non-hydrogen) atoms. The summed E-state index contributed by atoms with van der Waals surface area (Å²) in [5, 5.41) is 18.8. The molecule has 1 saturated heterocycles. The number of nitrogens with zero attached hydrogens (tertiary/aromatic N) is 3. The Morgan fingerprint density at radius 2 is 2.04 bits per heavy atom. The molecule has 2 fully saturated rings. The average Bonchev–Trinajstić information content (AvgIpc) is 2.85. The van der Waals surface area contributed by atoms with E-state index >= 15 is 0 Å². The standard InChI is InChI=1S/C20H24ClN3O3S/c1-20(2)18(26)23(15-4-3-13(12-22)17(21)11-15)19(28)24(20)14-5-7-16(8-6-14)27-10-9-25/h3-4,11,14,16,25H,5-10H2,1-2H3/t14-,16-. The summed E-state index contributed by atoms with van der Waals surface area (Å²) in [7, 11) is 0. The lowest BCUT2D eigenvalue weighted by atomic mass is 9.89. The predicted octanol–water partition coefficient (Wildman–Crippen LogP) is 3.24. The number of carbonyl (C=O) groups excluding carboxylic acids is 1. The Balaban J connectivity index is 1.81. The van der Waals surface area contributed by atoms with Crippen LogP contribution in [0.1, 0.15) is 45.1 Å². The summed E-state index contributed by atoms with van der Waals surface area (Å²) in [6.07, 6.45) is 3.63. The van der Waals surface area contributed by atoms with E-state index < -0.39 is 5.54 Å². The second-order valence-corrected chi connectivity index (χ2v) is 8.43. The van der Waals surface area contributed by atoms with Crippen molar-refractivity contribution in [3.05, 3.63) is 28.8 Å². The zero-order valence-corrected chi connectivity index (χ0v) is 17.6. The van der Waals surface area contributed by atoms with E-state index in [1.165, 1.54) is 4.90 Å². The summed E-state index contributed by atoms with van der Waals surface area (Å²) in [6.45, 7) is 4.16. The van der Waals surface area contributed by atoms with Crippen LogP contribution in [-0.2, 0) is 9.53 Å². The number of hydrogen-bond donors (Lipinski definition) is 1. The highest BCUT2D eigenvalue weighted by atomic mass is 35.5. The van der Waals surface area contributed by atoms with Crippen LogP contribution in [0.5, 0.6) is 0 Å². The van der Waals surface area contributed by atoms with E-state index in [2.05, 4.69) is 0 Å². The molecule has 150 valence electrons. The second kappa shape index (κ2) is 8.34. The predicted molar refractivity (Wildman–Crippen MR) is 111 cm³/mol. The molecule has 3 rings (SSSR count). The Morgan fingerprint density at radius 3 is 2.61 bits per heavy atom. The Labute approximate surface area is 175 Å². The lowest BCUT2D eigenvalue weighted by Crippen LogP contribution is -2.51. The Bertz CT molecular complexity index is 815. The lowest BCUT2D eigenvalue weighted by Gasteiger charge is -2.40. The summed E-state index contributed by atoms with van der Waals surface area (Å²) in [4.78, 5) is 16.8. The maximum Gasteiger partial charge on any atom is 0.258 e. The van der Waals surface area contributed by atoms with Crippen molar-refractivity contribution in [3.8, 4) is 6.07 Å². The van der Waals surface area contributed by atoms with Crippen molar-refractivity contribution >= 4 is 40.5 Å². The van der Waals surface area contributed by atoms with Crippen molar-refractivity contribution < 1.29 is 14.6 Å². The van der Waals surface area contributed by atoms with Crippen molar-refractivity contribution in [2.24, 2.45) is 0 Å². The zero-order chi connectivity index (χ0) is 20.5. The minimum absolute atomic E-state index is 0.0276. The van der Waals surface area contributed by atoms with Crippen LogP contribution in [-0.4, -0.2) is 51.9 Å². The number of anilines is 1. The SMILES string of the molecule is CC1(C)C(=O)N(c2ccc(C#N)c(Cl)c2)C(=S)N1[C@H]1CC[C@H](OCCO)CC1. The molecule has 1 aliphatic heterocycles. The highest BCUT2D eigenvalue weighted by Gasteiger charge is 2.52. The minimum Gasteiger partial charge on any atom is -0.394 e. The fraction of sp³-hybridized carbons (Fsp3) is 0.550. The van der Waals surface area contributed by atoms with Crippen LogP contribution in [0.25, 0.3) is 0 Å². The van der Waals surface area contributed by atoms with Gasteiger partial charge in [0.2, 0.25) is 0 Å². The largest absolute Gasteiger partial charge is 0.394 e. The van der Waals surface area contributed by atoms with Crippen LogP contribution in [0.4, 0.5) is 5.69 Å². The van der Waals surface area contributed by atoms with Gasteiger partial charge in [0, 0.05) is 6.04 Å². The van der Waals surface area contributed by atoms with Crippen molar-refractivity contribution in [1.82, 2.24) is 4.90 Å². The summed E-state index contributed by atoms with van der Waals surface area (Å²) < 4.78 is 5.65. The van der Waals surface area contributed by atoms with Crippen molar-refractivity contribution in [2.75, 3.05) is 18.1 Å². The van der Waals surface area contributed by atoms with E-state index in [-0.39, 0.29) is 24.7 Å². The van der Waals surface area contributed by atoms with Crippen LogP contribution < -0.4 is 4.90 Å².